The average Bonchev–Trinajstić information content (AvgIpc) is 1.81. The topological polar surface area (TPSA) is 0 Å². The Bertz CT molecular complexity index is 29.5. The maximum atomic E-state index is 2.25. The average molecular weight is 140 g/mol. The fraction of sp³-hybridized carbons (Fsp3) is 0.875. The second-order valence-electron chi connectivity index (χ2n) is 2.26. The molecule has 0 heterocycles. The van der Waals surface area contributed by atoms with E-state index >= 15 is 0 Å². The van der Waals surface area contributed by atoms with Crippen molar-refractivity contribution in [1.82, 2.24) is 0 Å². The van der Waals surface area contributed by atoms with Crippen molar-refractivity contribution in [2.45, 2.75) is 46.0 Å². The highest BCUT2D eigenvalue weighted by atomic mass is 24.3. The zero-order chi connectivity index (χ0) is 6.24. The highest BCUT2D eigenvalue weighted by Crippen LogP contribution is 2.02. The Balaban J connectivity index is 0. The maximum absolute atomic E-state index is 2.25. The summed E-state index contributed by atoms with van der Waals surface area (Å²) in [6.07, 6.45) is 9.12. The van der Waals surface area contributed by atoms with Crippen molar-refractivity contribution in [3.63, 3.8) is 0 Å². The Morgan fingerprint density at radius 2 is 1.78 bits per heavy atom. The van der Waals surface area contributed by atoms with Gasteiger partial charge in [-0.1, -0.05) is 46.0 Å². The van der Waals surface area contributed by atoms with Crippen LogP contribution in [-0.4, -0.2) is 23.1 Å². The largest absolute Gasteiger partial charge is 0.316 e. The zero-order valence-electron chi connectivity index (χ0n) is 6.11. The van der Waals surface area contributed by atoms with E-state index in [2.05, 4.69) is 20.3 Å². The van der Waals surface area contributed by atoms with Gasteiger partial charge in [0.2, 0.25) is 0 Å². The van der Waals surface area contributed by atoms with Gasteiger partial charge in [0.25, 0.3) is 0 Å². The van der Waals surface area contributed by atoms with Crippen molar-refractivity contribution < 1.29 is 0 Å². The normalized spacial score (nSPS) is 8.67. The zero-order valence-corrected chi connectivity index (χ0v) is 6.11. The van der Waals surface area contributed by atoms with Gasteiger partial charge in [0.15, 0.2) is 0 Å². The molecule has 0 saturated heterocycles. The van der Waals surface area contributed by atoms with Gasteiger partial charge >= 0.3 is 23.1 Å². The Labute approximate surface area is 75.6 Å². The third kappa shape index (κ3) is 12.1. The van der Waals surface area contributed by atoms with Crippen LogP contribution >= 0.6 is 0 Å². The summed E-state index contributed by atoms with van der Waals surface area (Å²) in [6.45, 7) is 4.38. The molecule has 1 radical (unpaired) electrons. The van der Waals surface area contributed by atoms with E-state index in [1.54, 1.807) is 0 Å². The van der Waals surface area contributed by atoms with Gasteiger partial charge in [-0.2, -0.15) is 0 Å². The van der Waals surface area contributed by atoms with Crippen molar-refractivity contribution >= 4 is 23.1 Å². The van der Waals surface area contributed by atoms with Crippen LogP contribution in [0.5, 0.6) is 0 Å². The van der Waals surface area contributed by atoms with Gasteiger partial charge in [0, 0.05) is 0 Å². The molecular formula is C8H19Mg. The monoisotopic (exact) mass is 139 g/mol. The lowest BCUT2D eigenvalue weighted by molar-refractivity contribution is 0.662. The Morgan fingerprint density at radius 1 is 1.11 bits per heavy atom. The molecule has 0 bridgehead atoms. The molecule has 0 amide bonds. The summed E-state index contributed by atoms with van der Waals surface area (Å²) < 4.78 is 0. The molecule has 0 saturated carbocycles. The molecule has 0 aromatic heterocycles. The molecule has 0 aliphatic carbocycles. The SMILES string of the molecule is C[CH]CCCCCC.[MgH2]. The summed E-state index contributed by atoms with van der Waals surface area (Å²) in [6, 6.07) is 0. The standard InChI is InChI=1S/C8H17.Mg.2H/c1-3-5-7-8-6-4-2;;;/h3H,4-8H2,1-2H3;;;. The van der Waals surface area contributed by atoms with Crippen molar-refractivity contribution in [2.24, 2.45) is 0 Å². The first-order valence-corrected chi connectivity index (χ1v) is 3.69. The van der Waals surface area contributed by atoms with Crippen LogP contribution in [-0.2, 0) is 0 Å². The van der Waals surface area contributed by atoms with E-state index in [9.17, 15) is 0 Å². The number of hydrogen-bond acceptors (Lipinski definition) is 0. The van der Waals surface area contributed by atoms with Gasteiger partial charge in [-0.3, -0.25) is 0 Å². The summed E-state index contributed by atoms with van der Waals surface area (Å²) in [4.78, 5) is 0. The minimum atomic E-state index is 0. The van der Waals surface area contributed by atoms with Crippen LogP contribution in [0.25, 0.3) is 0 Å². The van der Waals surface area contributed by atoms with Crippen molar-refractivity contribution in [3.8, 4) is 0 Å². The van der Waals surface area contributed by atoms with E-state index in [0.717, 1.165) is 0 Å². The third-order valence-corrected chi connectivity index (χ3v) is 1.35. The molecule has 0 rings (SSSR count). The molecule has 9 heavy (non-hydrogen) atoms. The Kier molecular flexibility index (Phi) is 16.0. The molecule has 0 spiro atoms. The molecular weight excluding hydrogens is 120 g/mol. The second kappa shape index (κ2) is 11.5. The quantitative estimate of drug-likeness (QED) is 0.405. The van der Waals surface area contributed by atoms with Crippen molar-refractivity contribution in [3.05, 3.63) is 6.42 Å². The highest BCUT2D eigenvalue weighted by Gasteiger charge is 1.83. The highest BCUT2D eigenvalue weighted by molar-refractivity contribution is 5.75. The summed E-state index contributed by atoms with van der Waals surface area (Å²) in [5.74, 6) is 0. The number of hydrogen-bond donors (Lipinski definition) is 0. The summed E-state index contributed by atoms with van der Waals surface area (Å²) >= 11 is 0. The van der Waals surface area contributed by atoms with Gasteiger partial charge in [0.1, 0.15) is 0 Å². The molecule has 0 aliphatic rings. The van der Waals surface area contributed by atoms with Gasteiger partial charge in [-0.15, -0.1) is 0 Å². The minimum Gasteiger partial charge on any atom is -0.0654 e. The lowest BCUT2D eigenvalue weighted by Crippen LogP contribution is -1.74. The molecule has 0 nitrogen and oxygen atoms in total. The van der Waals surface area contributed by atoms with Crippen LogP contribution in [0.15, 0.2) is 0 Å². The Hall–Kier alpha value is 0.766. The molecule has 0 aromatic rings. The van der Waals surface area contributed by atoms with E-state index < -0.39 is 0 Å². The maximum Gasteiger partial charge on any atom is 0.316 e. The van der Waals surface area contributed by atoms with Crippen LogP contribution < -0.4 is 0 Å². The first kappa shape index (κ1) is 12.4. The smallest absolute Gasteiger partial charge is 0.0654 e. The summed E-state index contributed by atoms with van der Waals surface area (Å²) in [5, 5.41) is 0. The summed E-state index contributed by atoms with van der Waals surface area (Å²) in [7, 11) is 0. The van der Waals surface area contributed by atoms with E-state index in [-0.39, 0.29) is 23.1 Å². The Morgan fingerprint density at radius 3 is 2.22 bits per heavy atom. The van der Waals surface area contributed by atoms with E-state index in [1.165, 1.54) is 32.1 Å². The lowest BCUT2D eigenvalue weighted by atomic mass is 10.1. The minimum absolute atomic E-state index is 0. The molecule has 1 heteroatoms. The first-order valence-electron chi connectivity index (χ1n) is 3.69. The van der Waals surface area contributed by atoms with Crippen LogP contribution in [0.2, 0.25) is 0 Å². The number of unbranched alkanes of at least 4 members (excludes halogenated alkanes) is 5. The fourth-order valence-corrected chi connectivity index (χ4v) is 0.775. The lowest BCUT2D eigenvalue weighted by Gasteiger charge is -1.93. The molecule has 0 unspecified atom stereocenters. The fourth-order valence-electron chi connectivity index (χ4n) is 0.775. The number of rotatable bonds is 5. The van der Waals surface area contributed by atoms with Crippen LogP contribution in [0.3, 0.4) is 0 Å². The van der Waals surface area contributed by atoms with E-state index in [0.29, 0.717) is 0 Å². The van der Waals surface area contributed by atoms with Gasteiger partial charge in [-0.05, 0) is 6.42 Å². The second-order valence-corrected chi connectivity index (χ2v) is 2.26. The van der Waals surface area contributed by atoms with Crippen LogP contribution in [0.4, 0.5) is 0 Å². The molecule has 0 atom stereocenters. The van der Waals surface area contributed by atoms with Gasteiger partial charge < -0.3 is 0 Å². The molecule has 0 fully saturated rings. The van der Waals surface area contributed by atoms with E-state index in [1.807, 2.05) is 0 Å². The molecule has 0 N–H and O–H groups in total. The van der Waals surface area contributed by atoms with Crippen molar-refractivity contribution in [2.75, 3.05) is 0 Å². The predicted octanol–water partition coefficient (Wildman–Crippen LogP) is 2.26. The first-order chi connectivity index (χ1) is 3.91. The van der Waals surface area contributed by atoms with E-state index in [4.69, 9.17) is 0 Å². The van der Waals surface area contributed by atoms with Gasteiger partial charge in [-0.25, -0.2) is 0 Å². The molecule has 0 aliphatic heterocycles. The molecule has 0 aromatic carbocycles. The van der Waals surface area contributed by atoms with Crippen LogP contribution in [0, 0.1) is 6.42 Å². The summed E-state index contributed by atoms with van der Waals surface area (Å²) in [5.41, 5.74) is 0. The van der Waals surface area contributed by atoms with Crippen molar-refractivity contribution in [1.29, 1.82) is 0 Å². The molecule has 53 valence electrons. The third-order valence-electron chi connectivity index (χ3n) is 1.35. The van der Waals surface area contributed by atoms with Crippen LogP contribution in [0.1, 0.15) is 46.0 Å². The van der Waals surface area contributed by atoms with Gasteiger partial charge in [0.05, 0.1) is 0 Å². The predicted molar refractivity (Wildman–Crippen MR) is 47.3 cm³/mol.